The smallest absolute Gasteiger partial charge is 0.333 e. The Kier molecular flexibility index (Phi) is 13.5. The first-order chi connectivity index (χ1) is 20.5. The number of hydrogen-bond acceptors (Lipinski definition) is 10. The van der Waals surface area contributed by atoms with E-state index in [-0.39, 0.29) is 41.4 Å². The average molecular weight is 648 g/mol. The Morgan fingerprint density at radius 3 is 2.09 bits per heavy atom. The highest BCUT2D eigenvalue weighted by atomic mass is 32.2. The summed E-state index contributed by atoms with van der Waals surface area (Å²) in [6.07, 6.45) is 6.53. The molecule has 4 atom stereocenters. The van der Waals surface area contributed by atoms with Gasteiger partial charge >= 0.3 is 12.0 Å². The number of fused-ring (bicyclic) bond motifs is 1. The topological polar surface area (TPSA) is 217 Å². The minimum absolute atomic E-state index is 0.0302. The van der Waals surface area contributed by atoms with E-state index >= 15 is 0 Å². The fourth-order valence-electron chi connectivity index (χ4n) is 5.12. The third-order valence-electron chi connectivity index (χ3n) is 7.48. The highest BCUT2D eigenvalue weighted by Gasteiger charge is 2.48. The molecule has 3 aliphatic rings. The minimum atomic E-state index is -4.77. The largest absolute Gasteiger partial charge is 0.356 e. The number of hydrogen-bond donors (Lipinski definition) is 5. The van der Waals surface area contributed by atoms with Gasteiger partial charge in [0, 0.05) is 43.4 Å². The number of imide groups is 1. The summed E-state index contributed by atoms with van der Waals surface area (Å²) in [5.41, 5.74) is 0. The molecular formula is C26H41N5O10S2. The molecule has 3 aliphatic heterocycles. The lowest BCUT2D eigenvalue weighted by Crippen LogP contribution is -2.36. The molecule has 6 amide bonds. The molecule has 0 spiro atoms. The summed E-state index contributed by atoms with van der Waals surface area (Å²) in [4.78, 5) is 75.6. The zero-order valence-electron chi connectivity index (χ0n) is 24.0. The van der Waals surface area contributed by atoms with Crippen molar-refractivity contribution in [1.29, 1.82) is 0 Å². The van der Waals surface area contributed by atoms with Gasteiger partial charge < -0.3 is 26.1 Å². The van der Waals surface area contributed by atoms with Gasteiger partial charge in [-0.05, 0) is 38.5 Å². The van der Waals surface area contributed by atoms with E-state index in [1.54, 1.807) is 0 Å². The number of amides is 6. The molecule has 43 heavy (non-hydrogen) atoms. The van der Waals surface area contributed by atoms with Crippen molar-refractivity contribution < 1.29 is 46.6 Å². The standard InChI is InChI=1S/C26H41N5O10S2/c32-20(27-14-8-2-4-12-23(35)41-31-22(34)15-19(25(31)36)43(38,39)40)10-3-1-7-13-28-21(33)11-6-5-9-18-24-17(16-42-18)29-26(37)30-24/h17-19,24H,1-16H2,(H,27,32)(H,28,33)(H2,29,30,37)(H,38,39,40)/t17-,18-,19?,24-/m1/s1. The molecule has 0 aromatic rings. The van der Waals surface area contributed by atoms with Crippen LogP contribution in [0.25, 0.3) is 0 Å². The molecule has 3 saturated heterocycles. The van der Waals surface area contributed by atoms with Gasteiger partial charge in [-0.1, -0.05) is 19.3 Å². The van der Waals surface area contributed by atoms with E-state index in [4.69, 9.17) is 4.55 Å². The van der Waals surface area contributed by atoms with Crippen LogP contribution >= 0.6 is 11.8 Å². The van der Waals surface area contributed by atoms with Gasteiger partial charge in [0.1, 0.15) is 0 Å². The summed E-state index contributed by atoms with van der Waals surface area (Å²) < 4.78 is 31.2. The van der Waals surface area contributed by atoms with Crippen LogP contribution in [0.2, 0.25) is 0 Å². The summed E-state index contributed by atoms with van der Waals surface area (Å²) in [5.74, 6) is -2.32. The first-order valence-electron chi connectivity index (χ1n) is 14.7. The van der Waals surface area contributed by atoms with Crippen LogP contribution in [-0.2, 0) is 38.9 Å². The molecule has 5 N–H and O–H groups in total. The van der Waals surface area contributed by atoms with E-state index in [1.165, 1.54) is 0 Å². The number of urea groups is 1. The van der Waals surface area contributed by atoms with Crippen LogP contribution in [0.15, 0.2) is 0 Å². The molecule has 0 aliphatic carbocycles. The van der Waals surface area contributed by atoms with Crippen LogP contribution in [0.1, 0.15) is 83.5 Å². The third kappa shape index (κ3) is 11.3. The maximum atomic E-state index is 12.1. The third-order valence-corrected chi connectivity index (χ3v) is 10.1. The molecule has 1 unspecified atom stereocenters. The van der Waals surface area contributed by atoms with E-state index in [1.807, 2.05) is 11.8 Å². The summed E-state index contributed by atoms with van der Waals surface area (Å²) in [6, 6.07) is 0.323. The lowest BCUT2D eigenvalue weighted by Gasteiger charge is -2.16. The Morgan fingerprint density at radius 1 is 0.884 bits per heavy atom. The zero-order valence-corrected chi connectivity index (χ0v) is 25.6. The van der Waals surface area contributed by atoms with Crippen LogP contribution in [0, 0.1) is 0 Å². The van der Waals surface area contributed by atoms with Crippen LogP contribution in [0.3, 0.4) is 0 Å². The van der Waals surface area contributed by atoms with Crippen LogP contribution < -0.4 is 21.3 Å². The molecule has 0 bridgehead atoms. The predicted octanol–water partition coefficient (Wildman–Crippen LogP) is 0.539. The van der Waals surface area contributed by atoms with Crippen LogP contribution in [0.5, 0.6) is 0 Å². The second kappa shape index (κ2) is 16.8. The van der Waals surface area contributed by atoms with E-state index < -0.39 is 39.6 Å². The van der Waals surface area contributed by atoms with Gasteiger partial charge in [0.15, 0.2) is 5.25 Å². The molecule has 0 saturated carbocycles. The Morgan fingerprint density at radius 2 is 1.49 bits per heavy atom. The van der Waals surface area contributed by atoms with Crippen molar-refractivity contribution in [3.8, 4) is 0 Å². The van der Waals surface area contributed by atoms with Gasteiger partial charge in [0.25, 0.3) is 21.9 Å². The minimum Gasteiger partial charge on any atom is -0.356 e. The number of hydroxylamine groups is 2. The van der Waals surface area contributed by atoms with Crippen LogP contribution in [-0.4, -0.2) is 95.1 Å². The van der Waals surface area contributed by atoms with Gasteiger partial charge in [-0.25, -0.2) is 9.59 Å². The number of nitrogens with zero attached hydrogens (tertiary/aromatic N) is 1. The molecule has 0 aromatic heterocycles. The van der Waals surface area contributed by atoms with E-state index in [0.717, 1.165) is 37.9 Å². The highest BCUT2D eigenvalue weighted by Crippen LogP contribution is 2.33. The number of thioether (sulfide) groups is 1. The monoisotopic (exact) mass is 647 g/mol. The molecule has 0 aromatic carbocycles. The van der Waals surface area contributed by atoms with E-state index in [0.29, 0.717) is 56.9 Å². The average Bonchev–Trinajstić information content (AvgIpc) is 3.58. The van der Waals surface area contributed by atoms with Gasteiger partial charge in [-0.2, -0.15) is 20.2 Å². The molecule has 3 fully saturated rings. The van der Waals surface area contributed by atoms with Crippen molar-refractivity contribution in [2.45, 2.75) is 106 Å². The normalized spacial score (nSPS) is 23.1. The maximum absolute atomic E-state index is 12.1. The van der Waals surface area contributed by atoms with E-state index in [9.17, 15) is 37.2 Å². The van der Waals surface area contributed by atoms with Gasteiger partial charge in [-0.15, -0.1) is 5.06 Å². The number of carbonyl (C=O) groups excluding carboxylic acids is 6. The van der Waals surface area contributed by atoms with Crippen molar-refractivity contribution in [2.75, 3.05) is 18.8 Å². The summed E-state index contributed by atoms with van der Waals surface area (Å²) in [6.45, 7) is 0.999. The van der Waals surface area contributed by atoms with Gasteiger partial charge in [0.05, 0.1) is 18.5 Å². The molecular weight excluding hydrogens is 606 g/mol. The molecule has 0 radical (unpaired) electrons. The quantitative estimate of drug-likeness (QED) is 0.0564. The summed E-state index contributed by atoms with van der Waals surface area (Å²) >= 11 is 1.87. The summed E-state index contributed by atoms with van der Waals surface area (Å²) in [5, 5.41) is 10.2. The lowest BCUT2D eigenvalue weighted by molar-refractivity contribution is -0.197. The van der Waals surface area contributed by atoms with Crippen molar-refractivity contribution >= 4 is 57.5 Å². The van der Waals surface area contributed by atoms with Crippen molar-refractivity contribution in [3.05, 3.63) is 0 Å². The Hall–Kier alpha value is -2.92. The number of rotatable bonds is 19. The lowest BCUT2D eigenvalue weighted by atomic mass is 10.0. The first kappa shape index (κ1) is 34.6. The van der Waals surface area contributed by atoms with Gasteiger partial charge in [0.2, 0.25) is 11.8 Å². The number of unbranched alkanes of at least 4 members (excludes halogenated alkanes) is 5. The Balaban J connectivity index is 1.09. The van der Waals surface area contributed by atoms with Crippen molar-refractivity contribution in [2.24, 2.45) is 0 Å². The second-order valence-corrected chi connectivity index (χ2v) is 13.8. The SMILES string of the molecule is O=C(CCCCCNC(=O)CCCC[C@H]1SC[C@H]2NC(=O)N[C@H]21)NCCCCCC(=O)ON1C(=O)CC(S(=O)(=O)O)C1=O. The van der Waals surface area contributed by atoms with Crippen molar-refractivity contribution in [1.82, 2.24) is 26.3 Å². The Bertz CT molecular complexity index is 1150. The molecule has 15 nitrogen and oxygen atoms in total. The van der Waals surface area contributed by atoms with Gasteiger partial charge in [-0.3, -0.25) is 23.7 Å². The number of carbonyl (C=O) groups is 6. The molecule has 17 heteroatoms. The molecule has 3 heterocycles. The van der Waals surface area contributed by atoms with Crippen molar-refractivity contribution in [3.63, 3.8) is 0 Å². The fraction of sp³-hybridized carbons (Fsp3) is 0.769. The Labute approximate surface area is 255 Å². The van der Waals surface area contributed by atoms with Crippen LogP contribution in [0.4, 0.5) is 4.79 Å². The number of nitrogens with one attached hydrogen (secondary N) is 4. The molecule has 242 valence electrons. The molecule has 3 rings (SSSR count). The maximum Gasteiger partial charge on any atom is 0.333 e. The fourth-order valence-corrected chi connectivity index (χ4v) is 7.37. The van der Waals surface area contributed by atoms with E-state index in [2.05, 4.69) is 26.1 Å². The zero-order chi connectivity index (χ0) is 31.4. The second-order valence-electron chi connectivity index (χ2n) is 10.9. The first-order valence-corrected chi connectivity index (χ1v) is 17.3. The summed E-state index contributed by atoms with van der Waals surface area (Å²) in [7, 11) is -4.77. The highest BCUT2D eigenvalue weighted by molar-refractivity contribution is 8.00. The predicted molar refractivity (Wildman–Crippen MR) is 155 cm³/mol.